The number of aromatic nitrogens is 4. The third kappa shape index (κ3) is 9.75. The first-order valence-corrected chi connectivity index (χ1v) is 17.4. The molecule has 12 nitrogen and oxygen atoms in total. The topological polar surface area (TPSA) is 164 Å². The van der Waals surface area contributed by atoms with E-state index in [1.807, 2.05) is 30.3 Å². The molecule has 0 aliphatic carbocycles. The molecule has 254 valence electrons. The highest BCUT2D eigenvalue weighted by Crippen LogP contribution is 2.39. The van der Waals surface area contributed by atoms with Gasteiger partial charge in [-0.1, -0.05) is 93.7 Å². The van der Waals surface area contributed by atoms with Crippen molar-refractivity contribution in [2.24, 2.45) is 5.92 Å². The summed E-state index contributed by atoms with van der Waals surface area (Å²) in [7, 11) is -2.66. The molecule has 1 unspecified atom stereocenters. The molecule has 5 atom stereocenters. The maximum absolute atomic E-state index is 13.9. The second-order valence-corrected chi connectivity index (χ2v) is 13.0. The summed E-state index contributed by atoms with van der Waals surface area (Å²) in [4.78, 5) is 24.7. The zero-order valence-corrected chi connectivity index (χ0v) is 27.9. The molecule has 2 aromatic heterocycles. The van der Waals surface area contributed by atoms with E-state index >= 15 is 0 Å². The third-order valence-corrected chi connectivity index (χ3v) is 9.29. The van der Waals surface area contributed by atoms with Crippen LogP contribution in [-0.2, 0) is 29.8 Å². The lowest BCUT2D eigenvalue weighted by Gasteiger charge is -2.24. The lowest BCUT2D eigenvalue weighted by atomic mass is 9.96. The van der Waals surface area contributed by atoms with Crippen LogP contribution in [0.15, 0.2) is 36.7 Å². The van der Waals surface area contributed by atoms with Gasteiger partial charge in [0.05, 0.1) is 12.9 Å². The van der Waals surface area contributed by atoms with Crippen LogP contribution in [0.4, 0.5) is 10.2 Å². The van der Waals surface area contributed by atoms with Crippen molar-refractivity contribution in [3.05, 3.63) is 48.3 Å². The van der Waals surface area contributed by atoms with E-state index in [4.69, 9.17) is 26.2 Å². The number of fused-ring (bicyclic) bond motifs is 1. The third-order valence-electron chi connectivity index (χ3n) is 8.40. The van der Waals surface area contributed by atoms with Crippen molar-refractivity contribution in [2.45, 2.75) is 102 Å². The summed E-state index contributed by atoms with van der Waals surface area (Å²) in [6.07, 6.45) is 12.8. The van der Waals surface area contributed by atoms with E-state index < -0.39 is 50.8 Å². The molecule has 1 aromatic carbocycles. The number of aliphatic hydroxyl groups excluding tert-OH is 1. The fourth-order valence-electron chi connectivity index (χ4n) is 5.67. The summed E-state index contributed by atoms with van der Waals surface area (Å²) in [6, 6.07) is 8.36. The van der Waals surface area contributed by atoms with Gasteiger partial charge in [0.2, 0.25) is 0 Å². The molecule has 0 amide bonds. The Kier molecular flexibility index (Phi) is 13.6. The predicted octanol–water partition coefficient (Wildman–Crippen LogP) is 5.39. The number of carbonyl (C=O) groups excluding carboxylic acids is 1. The molecule has 1 aliphatic heterocycles. The van der Waals surface area contributed by atoms with Crippen LogP contribution in [0.5, 0.6) is 0 Å². The summed E-state index contributed by atoms with van der Waals surface area (Å²) in [5.74, 6) is 2.01. The first kappa shape index (κ1) is 36.3. The molecule has 1 saturated heterocycles. The molecule has 0 bridgehead atoms. The Balaban J connectivity index is 1.41. The monoisotopic (exact) mass is 671 g/mol. The molecular weight excluding hydrogens is 626 g/mol. The van der Waals surface area contributed by atoms with Gasteiger partial charge in [0.15, 0.2) is 28.6 Å². The van der Waals surface area contributed by atoms with Crippen molar-refractivity contribution in [3.8, 4) is 12.3 Å². The molecule has 0 spiro atoms. The number of esters is 1. The van der Waals surface area contributed by atoms with Crippen LogP contribution in [0.1, 0.15) is 83.4 Å². The summed E-state index contributed by atoms with van der Waals surface area (Å²) in [5, 5.41) is 13.7. The highest BCUT2D eigenvalue weighted by molar-refractivity contribution is 7.36. The van der Waals surface area contributed by atoms with Crippen molar-refractivity contribution in [1.82, 2.24) is 24.6 Å². The van der Waals surface area contributed by atoms with Gasteiger partial charge in [-0.05, 0) is 28.9 Å². The van der Waals surface area contributed by atoms with Gasteiger partial charge in [-0.3, -0.25) is 9.36 Å². The van der Waals surface area contributed by atoms with E-state index in [9.17, 15) is 18.9 Å². The summed E-state index contributed by atoms with van der Waals surface area (Å²) >= 11 is 0. The number of halogens is 1. The average Bonchev–Trinajstić information content (AvgIpc) is 3.63. The quantitative estimate of drug-likeness (QED) is 0.0492. The Hall–Kier alpha value is -3.53. The number of nitrogens with two attached hydrogens (primary N) is 1. The fourth-order valence-corrected chi connectivity index (χ4v) is 6.51. The van der Waals surface area contributed by atoms with Crippen molar-refractivity contribution in [3.63, 3.8) is 0 Å². The van der Waals surface area contributed by atoms with Crippen LogP contribution in [-0.4, -0.2) is 61.6 Å². The maximum atomic E-state index is 13.9. The minimum atomic E-state index is -2.66. The average molecular weight is 672 g/mol. The maximum Gasteiger partial charge on any atom is 0.614 e. The van der Waals surface area contributed by atoms with Crippen LogP contribution in [0.3, 0.4) is 0 Å². The smallest absolute Gasteiger partial charge is 0.464 e. The molecule has 3 aromatic rings. The largest absolute Gasteiger partial charge is 0.614 e. The van der Waals surface area contributed by atoms with E-state index in [1.54, 1.807) is 0 Å². The van der Waals surface area contributed by atoms with Gasteiger partial charge in [0, 0.05) is 12.8 Å². The number of imidazole rings is 1. The van der Waals surface area contributed by atoms with Crippen molar-refractivity contribution in [1.29, 1.82) is 0 Å². The number of anilines is 1. The normalized spacial score (nSPS) is 20.4. The number of hydrogen-bond acceptors (Lipinski definition) is 10. The van der Waals surface area contributed by atoms with Crippen molar-refractivity contribution >= 4 is 31.1 Å². The molecular formula is C33H45FN6O6P+. The lowest BCUT2D eigenvalue weighted by molar-refractivity contribution is -0.147. The minimum absolute atomic E-state index is 0.0185. The lowest BCUT2D eigenvalue weighted by Crippen LogP contribution is -2.43. The van der Waals surface area contributed by atoms with Gasteiger partial charge >= 0.3 is 20.2 Å². The number of terminal acetylenes is 1. The Bertz CT molecular complexity index is 1510. The molecule has 1 aliphatic rings. The number of nitrogens with zero attached hydrogens (tertiary/aromatic N) is 4. The number of aliphatic hydroxyl groups is 1. The number of unbranched alkanes of at least 4 members (excludes halogenated alkanes) is 4. The molecule has 0 radical (unpaired) electrons. The van der Waals surface area contributed by atoms with Crippen LogP contribution in [0.2, 0.25) is 0 Å². The standard InChI is InChI=1S/C33H45FN6O6P/c1-4-7-10-16-24(17-11-8-5-2)20-44-31(42)25(18-23-14-12-9-13-15-23)39-47(43)45-21-33(6-3)26(41)19-27(46-33)40-22-36-28-29(35)37-32(34)38-30(28)40/h3,9,12-15,22,24-27,41H,4-5,7-8,10-11,16-21H2,1-2H3,(H,39,43)(H2,35,37,38)/q+1/t25-,26-,27+,33+/m0/s1. The van der Waals surface area contributed by atoms with Gasteiger partial charge in [-0.15, -0.1) is 10.9 Å². The second kappa shape index (κ2) is 17.6. The van der Waals surface area contributed by atoms with E-state index in [0.29, 0.717) is 6.61 Å². The number of nitrogens with one attached hydrogen (secondary N) is 1. The number of nitrogen functional groups attached to an aromatic ring is 1. The number of carbonyl (C=O) groups is 1. The first-order chi connectivity index (χ1) is 22.7. The van der Waals surface area contributed by atoms with E-state index in [-0.39, 0.29) is 35.7 Å². The second-order valence-electron chi connectivity index (χ2n) is 11.9. The number of ether oxygens (including phenoxy) is 2. The molecule has 3 heterocycles. The molecule has 4 rings (SSSR count). The van der Waals surface area contributed by atoms with Crippen LogP contribution < -0.4 is 10.8 Å². The molecule has 4 N–H and O–H groups in total. The molecule has 1 fully saturated rings. The summed E-state index contributed by atoms with van der Waals surface area (Å²) < 4.78 is 45.9. The van der Waals surface area contributed by atoms with E-state index in [2.05, 4.69) is 39.8 Å². The number of benzene rings is 1. The first-order valence-electron chi connectivity index (χ1n) is 16.3. The van der Waals surface area contributed by atoms with Gasteiger partial charge in [-0.2, -0.15) is 14.4 Å². The van der Waals surface area contributed by atoms with E-state index in [1.165, 1.54) is 10.9 Å². The highest BCUT2D eigenvalue weighted by atomic mass is 31.1. The van der Waals surface area contributed by atoms with Crippen LogP contribution >= 0.6 is 8.18 Å². The molecule has 14 heteroatoms. The minimum Gasteiger partial charge on any atom is -0.464 e. The van der Waals surface area contributed by atoms with Gasteiger partial charge in [-0.25, -0.2) is 4.98 Å². The van der Waals surface area contributed by atoms with Gasteiger partial charge < -0.3 is 20.3 Å². The SMILES string of the molecule is C#C[C@]1(CO[P+](=O)N[C@@H](Cc2ccccc2)C(=O)OCC(CCCCC)CCCCC)O[C@@H](n2cnc3c(N)nc(F)nc32)C[C@@H]1O. The van der Waals surface area contributed by atoms with Crippen LogP contribution in [0, 0.1) is 24.3 Å². The Morgan fingerprint density at radius 3 is 2.60 bits per heavy atom. The zero-order chi connectivity index (χ0) is 33.8. The fraction of sp³-hybridized carbons (Fsp3) is 0.576. The van der Waals surface area contributed by atoms with Crippen LogP contribution in [0.25, 0.3) is 11.2 Å². The van der Waals surface area contributed by atoms with Crippen molar-refractivity contribution < 1.29 is 32.9 Å². The van der Waals surface area contributed by atoms with Crippen molar-refractivity contribution in [2.75, 3.05) is 18.9 Å². The summed E-state index contributed by atoms with van der Waals surface area (Å²) in [6.45, 7) is 4.15. The van der Waals surface area contributed by atoms with Gasteiger partial charge in [0.1, 0.15) is 18.9 Å². The Morgan fingerprint density at radius 1 is 1.23 bits per heavy atom. The Morgan fingerprint density at radius 2 is 1.94 bits per heavy atom. The zero-order valence-electron chi connectivity index (χ0n) is 27.0. The highest BCUT2D eigenvalue weighted by Gasteiger charge is 2.50. The number of hydrogen-bond donors (Lipinski definition) is 3. The van der Waals surface area contributed by atoms with Gasteiger partial charge in [0.25, 0.3) is 0 Å². The Labute approximate surface area is 275 Å². The summed E-state index contributed by atoms with van der Waals surface area (Å²) in [5.41, 5.74) is 5.14. The molecule has 47 heavy (non-hydrogen) atoms. The number of rotatable bonds is 19. The molecule has 0 saturated carbocycles. The predicted molar refractivity (Wildman–Crippen MR) is 175 cm³/mol. The van der Waals surface area contributed by atoms with E-state index in [0.717, 1.165) is 56.9 Å².